The van der Waals surface area contributed by atoms with Crippen molar-refractivity contribution >= 4 is 24.3 Å². The summed E-state index contributed by atoms with van der Waals surface area (Å²) in [5, 5.41) is 12.5. The molecule has 26 heavy (non-hydrogen) atoms. The predicted octanol–water partition coefficient (Wildman–Crippen LogP) is 3.02. The normalized spacial score (nSPS) is 25.7. The summed E-state index contributed by atoms with van der Waals surface area (Å²) >= 11 is 0. The molecular weight excluding hydrogens is 352 g/mol. The molecule has 2 aromatic carbocycles. The molecule has 0 aromatic heterocycles. The minimum atomic E-state index is -0.850. The third kappa shape index (κ3) is 2.97. The van der Waals surface area contributed by atoms with E-state index >= 15 is 0 Å². The lowest BCUT2D eigenvalue weighted by Gasteiger charge is -2.18. The van der Waals surface area contributed by atoms with Crippen LogP contribution in [0.4, 0.5) is 0 Å². The molecule has 6 heteroatoms. The Morgan fingerprint density at radius 3 is 2.04 bits per heavy atom. The van der Waals surface area contributed by atoms with Crippen molar-refractivity contribution in [3.8, 4) is 0 Å². The van der Waals surface area contributed by atoms with Crippen LogP contribution in [-0.2, 0) is 9.59 Å². The van der Waals surface area contributed by atoms with Crippen LogP contribution in [0.1, 0.15) is 59.0 Å². The Bertz CT molecular complexity index is 854. The fraction of sp³-hybridized carbons (Fsp3) is 0.300. The molecule has 2 aromatic rings. The van der Waals surface area contributed by atoms with E-state index in [9.17, 15) is 14.7 Å². The molecule has 4 rings (SSSR count). The van der Waals surface area contributed by atoms with Gasteiger partial charge in [0.1, 0.15) is 0 Å². The minimum absolute atomic E-state index is 0. The van der Waals surface area contributed by atoms with Crippen LogP contribution in [0, 0.1) is 0 Å². The Hall–Kier alpha value is -2.37. The predicted molar refractivity (Wildman–Crippen MR) is 100 cm³/mol. The number of nitrogens with one attached hydrogen (secondary N) is 1. The number of fused-ring (bicyclic) bond motifs is 2. The second-order valence-electron chi connectivity index (χ2n) is 6.84. The van der Waals surface area contributed by atoms with Crippen LogP contribution in [0.15, 0.2) is 48.5 Å². The quantitative estimate of drug-likeness (QED) is 0.772. The van der Waals surface area contributed by atoms with Crippen LogP contribution in [0.25, 0.3) is 0 Å². The molecule has 5 nitrogen and oxygen atoms in total. The van der Waals surface area contributed by atoms with E-state index in [0.29, 0.717) is 12.8 Å². The molecule has 4 N–H and O–H groups in total. The molecular formula is C20H21ClN2O3. The SMILES string of the molecule is Cl.NC1CC(C(=O)NC2CC(C(=O)O)c3ccccc32)c2ccccc21. The van der Waals surface area contributed by atoms with Crippen molar-refractivity contribution in [1.82, 2.24) is 5.32 Å². The second kappa shape index (κ2) is 7.09. The van der Waals surface area contributed by atoms with E-state index in [1.54, 1.807) is 0 Å². The van der Waals surface area contributed by atoms with Crippen molar-refractivity contribution in [3.05, 3.63) is 70.8 Å². The van der Waals surface area contributed by atoms with Gasteiger partial charge in [0.15, 0.2) is 0 Å². The highest BCUT2D eigenvalue weighted by atomic mass is 35.5. The number of carboxylic acids is 1. The van der Waals surface area contributed by atoms with E-state index in [1.165, 1.54) is 0 Å². The number of rotatable bonds is 3. The van der Waals surface area contributed by atoms with E-state index in [0.717, 1.165) is 22.3 Å². The van der Waals surface area contributed by atoms with E-state index in [1.807, 2.05) is 48.5 Å². The highest BCUT2D eigenvalue weighted by Gasteiger charge is 2.39. The lowest BCUT2D eigenvalue weighted by atomic mass is 9.99. The lowest BCUT2D eigenvalue weighted by molar-refractivity contribution is -0.139. The zero-order valence-electron chi connectivity index (χ0n) is 14.1. The van der Waals surface area contributed by atoms with Gasteiger partial charge in [-0.1, -0.05) is 48.5 Å². The number of carbonyl (C=O) groups excluding carboxylic acids is 1. The maximum Gasteiger partial charge on any atom is 0.311 e. The van der Waals surface area contributed by atoms with Crippen molar-refractivity contribution in [2.24, 2.45) is 5.73 Å². The number of amides is 1. The Morgan fingerprint density at radius 2 is 1.42 bits per heavy atom. The summed E-state index contributed by atoms with van der Waals surface area (Å²) in [6.45, 7) is 0. The third-order valence-electron chi connectivity index (χ3n) is 5.41. The number of hydrogen-bond acceptors (Lipinski definition) is 3. The zero-order valence-corrected chi connectivity index (χ0v) is 14.9. The van der Waals surface area contributed by atoms with Gasteiger partial charge in [0.25, 0.3) is 0 Å². The van der Waals surface area contributed by atoms with Gasteiger partial charge in [-0.05, 0) is 35.1 Å². The standard InChI is InChI=1S/C20H20N2O3.ClH/c21-17-9-15(11-5-1-3-7-13(11)17)19(23)22-18-10-16(20(24)25)12-6-2-4-8-14(12)18;/h1-8,15-18H,9-10,21H2,(H,22,23)(H,24,25);1H. The van der Waals surface area contributed by atoms with E-state index < -0.39 is 11.9 Å². The molecule has 0 radical (unpaired) electrons. The van der Waals surface area contributed by atoms with E-state index in [2.05, 4.69) is 5.32 Å². The third-order valence-corrected chi connectivity index (χ3v) is 5.41. The molecule has 0 spiro atoms. The van der Waals surface area contributed by atoms with E-state index in [4.69, 9.17) is 5.73 Å². The van der Waals surface area contributed by atoms with Crippen molar-refractivity contribution < 1.29 is 14.7 Å². The topological polar surface area (TPSA) is 92.4 Å². The molecule has 0 saturated carbocycles. The molecule has 136 valence electrons. The smallest absolute Gasteiger partial charge is 0.311 e. The molecule has 1 amide bonds. The number of halogens is 1. The van der Waals surface area contributed by atoms with E-state index in [-0.39, 0.29) is 36.3 Å². The summed E-state index contributed by atoms with van der Waals surface area (Å²) in [5.41, 5.74) is 9.87. The maximum atomic E-state index is 12.9. The van der Waals surface area contributed by atoms with Gasteiger partial charge < -0.3 is 16.2 Å². The first kappa shape index (κ1) is 18.4. The summed E-state index contributed by atoms with van der Waals surface area (Å²) in [7, 11) is 0. The summed E-state index contributed by atoms with van der Waals surface area (Å²) in [5.74, 6) is -1.77. The summed E-state index contributed by atoms with van der Waals surface area (Å²) in [6.07, 6.45) is 0.975. The molecule has 0 aliphatic heterocycles. The number of benzene rings is 2. The summed E-state index contributed by atoms with van der Waals surface area (Å²) in [6, 6.07) is 14.8. The summed E-state index contributed by atoms with van der Waals surface area (Å²) in [4.78, 5) is 24.4. The van der Waals surface area contributed by atoms with Crippen molar-refractivity contribution in [2.45, 2.75) is 36.8 Å². The molecule has 4 unspecified atom stereocenters. The first-order valence-corrected chi connectivity index (χ1v) is 8.52. The van der Waals surface area contributed by atoms with Gasteiger partial charge in [-0.25, -0.2) is 0 Å². The molecule has 0 fully saturated rings. The lowest BCUT2D eigenvalue weighted by Crippen LogP contribution is -2.31. The van der Waals surface area contributed by atoms with Crippen molar-refractivity contribution in [3.63, 3.8) is 0 Å². The zero-order chi connectivity index (χ0) is 17.6. The minimum Gasteiger partial charge on any atom is -0.481 e. The van der Waals surface area contributed by atoms with Crippen LogP contribution in [0.5, 0.6) is 0 Å². The first-order chi connectivity index (χ1) is 12.1. The molecule has 2 aliphatic carbocycles. The van der Waals surface area contributed by atoms with Crippen LogP contribution in [0.2, 0.25) is 0 Å². The molecule has 2 aliphatic rings. The Labute approximate surface area is 158 Å². The highest BCUT2D eigenvalue weighted by Crippen LogP contribution is 2.42. The Morgan fingerprint density at radius 1 is 0.885 bits per heavy atom. The average molecular weight is 373 g/mol. The molecule has 0 saturated heterocycles. The molecule has 0 heterocycles. The van der Waals surface area contributed by atoms with Gasteiger partial charge >= 0.3 is 5.97 Å². The van der Waals surface area contributed by atoms with Gasteiger partial charge in [0, 0.05) is 6.04 Å². The Kier molecular flexibility index (Phi) is 5.03. The van der Waals surface area contributed by atoms with Gasteiger partial charge in [-0.3, -0.25) is 9.59 Å². The van der Waals surface area contributed by atoms with Crippen molar-refractivity contribution in [1.29, 1.82) is 0 Å². The molecule has 0 bridgehead atoms. The maximum absolute atomic E-state index is 12.9. The van der Waals surface area contributed by atoms with Gasteiger partial charge in [0.05, 0.1) is 17.9 Å². The molecule has 4 atom stereocenters. The van der Waals surface area contributed by atoms with Crippen LogP contribution >= 0.6 is 12.4 Å². The van der Waals surface area contributed by atoms with Gasteiger partial charge in [0.2, 0.25) is 5.91 Å². The van der Waals surface area contributed by atoms with Crippen LogP contribution < -0.4 is 11.1 Å². The first-order valence-electron chi connectivity index (χ1n) is 8.52. The number of nitrogens with two attached hydrogens (primary N) is 1. The number of hydrogen-bond donors (Lipinski definition) is 3. The Balaban J connectivity index is 0.00000196. The highest BCUT2D eigenvalue weighted by molar-refractivity contribution is 5.86. The van der Waals surface area contributed by atoms with Gasteiger partial charge in [-0.15, -0.1) is 12.4 Å². The second-order valence-corrected chi connectivity index (χ2v) is 6.84. The average Bonchev–Trinajstić information content (AvgIpc) is 3.14. The van der Waals surface area contributed by atoms with Crippen molar-refractivity contribution in [2.75, 3.05) is 0 Å². The number of aliphatic carboxylic acids is 1. The monoisotopic (exact) mass is 372 g/mol. The number of carboxylic acid groups (broad SMARTS) is 1. The largest absolute Gasteiger partial charge is 0.481 e. The fourth-order valence-electron chi connectivity index (χ4n) is 4.20. The van der Waals surface area contributed by atoms with Crippen LogP contribution in [-0.4, -0.2) is 17.0 Å². The van der Waals surface area contributed by atoms with Crippen LogP contribution in [0.3, 0.4) is 0 Å². The number of carbonyl (C=O) groups is 2. The summed E-state index contributed by atoms with van der Waals surface area (Å²) < 4.78 is 0. The van der Waals surface area contributed by atoms with Gasteiger partial charge in [-0.2, -0.15) is 0 Å². The fourth-order valence-corrected chi connectivity index (χ4v) is 4.20.